The number of hydrogen-bond acceptors (Lipinski definition) is 4. The molecule has 0 amide bonds. The third-order valence-electron chi connectivity index (χ3n) is 3.43. The number of nitrogens with one attached hydrogen (secondary N) is 1. The van der Waals surface area contributed by atoms with E-state index in [1.807, 2.05) is 6.07 Å². The quantitative estimate of drug-likeness (QED) is 0.363. The number of nitrogens with two attached hydrogens (primary N) is 1. The molecule has 1 heterocycles. The van der Waals surface area contributed by atoms with Crippen molar-refractivity contribution in [3.05, 3.63) is 58.6 Å². The summed E-state index contributed by atoms with van der Waals surface area (Å²) in [5.41, 5.74) is 5.29. The Bertz CT molecular complexity index is 654. The van der Waals surface area contributed by atoms with Crippen molar-refractivity contribution in [3.63, 3.8) is 0 Å². The molecule has 0 bridgehead atoms. The van der Waals surface area contributed by atoms with Crippen molar-refractivity contribution in [2.24, 2.45) is 5.73 Å². The van der Waals surface area contributed by atoms with Crippen LogP contribution in [0.3, 0.4) is 0 Å². The topological polar surface area (TPSA) is 91.9 Å². The summed E-state index contributed by atoms with van der Waals surface area (Å²) < 4.78 is 5.65. The molecule has 2 rings (SSSR count). The number of aromatic nitrogens is 1. The molecule has 1 aromatic heterocycles. The van der Waals surface area contributed by atoms with E-state index in [9.17, 15) is 10.1 Å². The highest BCUT2D eigenvalue weighted by Crippen LogP contribution is 2.25. The van der Waals surface area contributed by atoms with Crippen LogP contribution in [0.4, 0.5) is 0 Å². The van der Waals surface area contributed by atoms with Crippen LogP contribution in [-0.4, -0.2) is 22.2 Å². The minimum absolute atomic E-state index is 0.0588. The standard InChI is InChI=1S/C16H18ClN3O2/c17-16(19)8-6-15(12-18,7-9-16)22-11-2-1-4-13-5-3-10-20-14(13)21/h3,5-10H,1-2,4,11,19H2,(H,20,21). The predicted octanol–water partition coefficient (Wildman–Crippen LogP) is 2.00. The maximum absolute atomic E-state index is 11.5. The number of alkyl halides is 1. The number of halogens is 1. The SMILES string of the molecule is N#CC1(OCCCCc2ccc[nH]c2=O)C=CC(N)(Cl)C=C1. The van der Waals surface area contributed by atoms with Gasteiger partial charge in [-0.2, -0.15) is 5.26 Å². The van der Waals surface area contributed by atoms with Crippen molar-refractivity contribution in [2.75, 3.05) is 6.61 Å². The molecule has 0 saturated carbocycles. The number of hydrogen-bond donors (Lipinski definition) is 2. The zero-order valence-electron chi connectivity index (χ0n) is 12.1. The second-order valence-electron chi connectivity index (χ2n) is 5.23. The molecule has 0 saturated heterocycles. The van der Waals surface area contributed by atoms with E-state index < -0.39 is 10.6 Å². The van der Waals surface area contributed by atoms with Gasteiger partial charge in [0.1, 0.15) is 11.1 Å². The van der Waals surface area contributed by atoms with Gasteiger partial charge in [0.2, 0.25) is 0 Å². The van der Waals surface area contributed by atoms with Crippen molar-refractivity contribution in [3.8, 4) is 6.07 Å². The van der Waals surface area contributed by atoms with Crippen molar-refractivity contribution < 1.29 is 4.74 Å². The highest BCUT2D eigenvalue weighted by atomic mass is 35.5. The Morgan fingerprint density at radius 1 is 1.32 bits per heavy atom. The predicted molar refractivity (Wildman–Crippen MR) is 85.3 cm³/mol. The number of aromatic amines is 1. The molecule has 0 spiro atoms. The van der Waals surface area contributed by atoms with Crippen LogP contribution in [0.1, 0.15) is 18.4 Å². The lowest BCUT2D eigenvalue weighted by Crippen LogP contribution is -2.36. The lowest BCUT2D eigenvalue weighted by molar-refractivity contribution is 0.0631. The minimum Gasteiger partial charge on any atom is -0.353 e. The second-order valence-corrected chi connectivity index (χ2v) is 5.88. The summed E-state index contributed by atoms with van der Waals surface area (Å²) in [6.07, 6.45) is 10.1. The Kier molecular flexibility index (Phi) is 5.19. The van der Waals surface area contributed by atoms with Crippen molar-refractivity contribution in [2.45, 2.75) is 29.9 Å². The van der Waals surface area contributed by atoms with E-state index in [2.05, 4.69) is 11.1 Å². The first kappa shape index (κ1) is 16.5. The van der Waals surface area contributed by atoms with Gasteiger partial charge in [0.05, 0.1) is 0 Å². The van der Waals surface area contributed by atoms with Gasteiger partial charge in [-0.05, 0) is 49.6 Å². The average molecular weight is 320 g/mol. The molecule has 6 heteroatoms. The Hall–Kier alpha value is -1.87. The van der Waals surface area contributed by atoms with Crippen molar-refractivity contribution in [1.82, 2.24) is 4.98 Å². The van der Waals surface area contributed by atoms with Crippen LogP contribution < -0.4 is 11.3 Å². The molecule has 3 N–H and O–H groups in total. The highest BCUT2D eigenvalue weighted by molar-refractivity contribution is 6.26. The molecule has 1 aliphatic rings. The van der Waals surface area contributed by atoms with Crippen LogP contribution in [0, 0.1) is 11.3 Å². The summed E-state index contributed by atoms with van der Waals surface area (Å²) in [5.74, 6) is 0. The molecular weight excluding hydrogens is 302 g/mol. The van der Waals surface area contributed by atoms with Crippen LogP contribution in [-0.2, 0) is 11.2 Å². The van der Waals surface area contributed by atoms with Crippen LogP contribution in [0.15, 0.2) is 47.4 Å². The van der Waals surface area contributed by atoms with Crippen LogP contribution >= 0.6 is 11.6 Å². The first-order valence-electron chi connectivity index (χ1n) is 7.07. The number of nitriles is 1. The van der Waals surface area contributed by atoms with E-state index in [4.69, 9.17) is 22.1 Å². The molecular formula is C16H18ClN3O2. The molecule has 1 aliphatic carbocycles. The number of ether oxygens (including phenoxy) is 1. The summed E-state index contributed by atoms with van der Waals surface area (Å²) in [4.78, 5) is 13.1. The normalized spacial score (nSPS) is 26.8. The van der Waals surface area contributed by atoms with Gasteiger partial charge in [0, 0.05) is 18.4 Å². The fourth-order valence-electron chi connectivity index (χ4n) is 2.13. The first-order chi connectivity index (χ1) is 10.5. The molecule has 0 aliphatic heterocycles. The zero-order chi connectivity index (χ0) is 16.1. The number of unbranched alkanes of at least 4 members (excludes halogenated alkanes) is 1. The van der Waals surface area contributed by atoms with Gasteiger partial charge in [-0.3, -0.25) is 4.79 Å². The van der Waals surface area contributed by atoms with Crippen LogP contribution in [0.25, 0.3) is 0 Å². The Labute approximate surface area is 134 Å². The average Bonchev–Trinajstić information content (AvgIpc) is 2.51. The van der Waals surface area contributed by atoms with E-state index in [0.29, 0.717) is 13.0 Å². The smallest absolute Gasteiger partial charge is 0.251 e. The summed E-state index contributed by atoms with van der Waals surface area (Å²) in [6, 6.07) is 5.72. The monoisotopic (exact) mass is 319 g/mol. The van der Waals surface area contributed by atoms with Crippen molar-refractivity contribution >= 4 is 11.6 Å². The molecule has 0 radical (unpaired) electrons. The molecule has 0 fully saturated rings. The number of H-pyrrole nitrogens is 1. The van der Waals surface area contributed by atoms with E-state index in [0.717, 1.165) is 18.4 Å². The molecule has 0 aromatic carbocycles. The van der Waals surface area contributed by atoms with Crippen molar-refractivity contribution in [1.29, 1.82) is 5.26 Å². The largest absolute Gasteiger partial charge is 0.353 e. The number of rotatable bonds is 6. The lowest BCUT2D eigenvalue weighted by Gasteiger charge is -2.26. The van der Waals surface area contributed by atoms with Gasteiger partial charge in [0.15, 0.2) is 5.60 Å². The molecule has 5 nitrogen and oxygen atoms in total. The Balaban J connectivity index is 1.79. The van der Waals surface area contributed by atoms with Gasteiger partial charge in [-0.1, -0.05) is 17.7 Å². The maximum Gasteiger partial charge on any atom is 0.251 e. The van der Waals surface area contributed by atoms with E-state index in [1.165, 1.54) is 0 Å². The molecule has 1 aromatic rings. The summed E-state index contributed by atoms with van der Waals surface area (Å²) in [7, 11) is 0. The molecule has 0 atom stereocenters. The molecule has 116 valence electrons. The minimum atomic E-state index is -1.11. The Morgan fingerprint density at radius 2 is 2.05 bits per heavy atom. The fraction of sp³-hybridized carbons (Fsp3) is 0.375. The number of aryl methyl sites for hydroxylation is 1. The number of pyridine rings is 1. The summed E-state index contributed by atoms with van der Waals surface area (Å²) >= 11 is 5.93. The van der Waals surface area contributed by atoms with Gasteiger partial charge < -0.3 is 15.5 Å². The second kappa shape index (κ2) is 6.93. The van der Waals surface area contributed by atoms with E-state index in [-0.39, 0.29) is 5.56 Å². The maximum atomic E-state index is 11.5. The Morgan fingerprint density at radius 3 is 2.68 bits per heavy atom. The summed E-state index contributed by atoms with van der Waals surface area (Å²) in [6.45, 7) is 0.410. The van der Waals surface area contributed by atoms with Gasteiger partial charge in [0.25, 0.3) is 5.56 Å². The number of nitrogens with zero attached hydrogens (tertiary/aromatic N) is 1. The van der Waals surface area contributed by atoms with Gasteiger partial charge in [-0.15, -0.1) is 0 Å². The lowest BCUT2D eigenvalue weighted by atomic mass is 9.97. The van der Waals surface area contributed by atoms with Gasteiger partial charge in [-0.25, -0.2) is 0 Å². The van der Waals surface area contributed by atoms with E-state index in [1.54, 1.807) is 36.6 Å². The first-order valence-corrected chi connectivity index (χ1v) is 7.45. The van der Waals surface area contributed by atoms with E-state index >= 15 is 0 Å². The third-order valence-corrected chi connectivity index (χ3v) is 3.68. The fourth-order valence-corrected chi connectivity index (χ4v) is 2.26. The van der Waals surface area contributed by atoms with Crippen LogP contribution in [0.5, 0.6) is 0 Å². The third kappa shape index (κ3) is 4.31. The summed E-state index contributed by atoms with van der Waals surface area (Å²) in [5, 5.41) is 9.28. The highest BCUT2D eigenvalue weighted by Gasteiger charge is 2.31. The van der Waals surface area contributed by atoms with Gasteiger partial charge >= 0.3 is 0 Å². The molecule has 0 unspecified atom stereocenters. The zero-order valence-corrected chi connectivity index (χ0v) is 12.8. The van der Waals surface area contributed by atoms with Crippen LogP contribution in [0.2, 0.25) is 0 Å². The molecule has 22 heavy (non-hydrogen) atoms.